The Hall–Kier alpha value is -0.250. The van der Waals surface area contributed by atoms with Gasteiger partial charge in [0.15, 0.2) is 0 Å². The smallest absolute Gasteiger partial charge is 0.133 e. The third-order valence-electron chi connectivity index (χ3n) is 1.85. The molecule has 0 aliphatic carbocycles. The number of hydrogen-bond donors (Lipinski definition) is 1. The molecule has 0 saturated heterocycles. The minimum Gasteiger partial charge on any atom is -0.313 e. The molecule has 1 heterocycles. The van der Waals surface area contributed by atoms with Gasteiger partial charge in [-0.2, -0.15) is 11.8 Å². The number of nitrogens with one attached hydrogen (secondary N) is 1. The summed E-state index contributed by atoms with van der Waals surface area (Å²) in [6, 6.07) is 3.90. The van der Waals surface area contributed by atoms with Crippen molar-refractivity contribution < 1.29 is 0 Å². The van der Waals surface area contributed by atoms with Gasteiger partial charge in [0.2, 0.25) is 0 Å². The van der Waals surface area contributed by atoms with Crippen LogP contribution in [0.2, 0.25) is 5.15 Å². The molecule has 2 nitrogen and oxygen atoms in total. The number of rotatable bonds is 6. The first-order valence-electron chi connectivity index (χ1n) is 4.63. The lowest BCUT2D eigenvalue weighted by Gasteiger charge is -2.04. The van der Waals surface area contributed by atoms with Gasteiger partial charge in [0.05, 0.1) is 0 Å². The van der Waals surface area contributed by atoms with Crippen molar-refractivity contribution >= 4 is 23.4 Å². The van der Waals surface area contributed by atoms with Crippen molar-refractivity contribution in [3.05, 3.63) is 29.0 Å². The minimum atomic E-state index is 0.602. The average molecular weight is 231 g/mol. The molecule has 0 atom stereocenters. The lowest BCUT2D eigenvalue weighted by molar-refractivity contribution is 0.677. The molecule has 0 spiro atoms. The van der Waals surface area contributed by atoms with E-state index in [0.29, 0.717) is 5.15 Å². The highest BCUT2D eigenvalue weighted by Gasteiger charge is 1.98. The summed E-state index contributed by atoms with van der Waals surface area (Å²) < 4.78 is 0. The monoisotopic (exact) mass is 230 g/mol. The molecule has 1 aromatic heterocycles. The van der Waals surface area contributed by atoms with Crippen LogP contribution in [-0.2, 0) is 6.54 Å². The quantitative estimate of drug-likeness (QED) is 0.601. The first kappa shape index (κ1) is 11.8. The maximum Gasteiger partial charge on any atom is 0.133 e. The normalized spacial score (nSPS) is 10.4. The largest absolute Gasteiger partial charge is 0.313 e. The van der Waals surface area contributed by atoms with Crippen molar-refractivity contribution in [1.82, 2.24) is 10.3 Å². The van der Waals surface area contributed by atoms with Gasteiger partial charge in [0, 0.05) is 18.3 Å². The second-order valence-electron chi connectivity index (χ2n) is 2.98. The van der Waals surface area contributed by atoms with Crippen LogP contribution in [0.4, 0.5) is 0 Å². The van der Waals surface area contributed by atoms with Gasteiger partial charge in [0.25, 0.3) is 0 Å². The van der Waals surface area contributed by atoms with Gasteiger partial charge in [-0.25, -0.2) is 4.98 Å². The molecule has 0 unspecified atom stereocenters. The van der Waals surface area contributed by atoms with E-state index in [2.05, 4.69) is 16.6 Å². The summed E-state index contributed by atoms with van der Waals surface area (Å²) in [4.78, 5) is 4.02. The zero-order chi connectivity index (χ0) is 10.2. The van der Waals surface area contributed by atoms with Gasteiger partial charge in [0.1, 0.15) is 5.15 Å². The lowest BCUT2D eigenvalue weighted by Crippen LogP contribution is -2.15. The third-order valence-corrected chi connectivity index (χ3v) is 2.89. The second-order valence-corrected chi connectivity index (χ2v) is 4.32. The van der Waals surface area contributed by atoms with Crippen molar-refractivity contribution in [2.24, 2.45) is 0 Å². The molecule has 0 bridgehead atoms. The summed E-state index contributed by atoms with van der Waals surface area (Å²) in [5, 5.41) is 3.94. The molecular weight excluding hydrogens is 216 g/mol. The zero-order valence-electron chi connectivity index (χ0n) is 8.29. The Labute approximate surface area is 94.5 Å². The van der Waals surface area contributed by atoms with E-state index < -0.39 is 0 Å². The van der Waals surface area contributed by atoms with Crippen LogP contribution in [0, 0.1) is 0 Å². The summed E-state index contributed by atoms with van der Waals surface area (Å²) in [6.45, 7) is 1.84. The third kappa shape index (κ3) is 4.31. The van der Waals surface area contributed by atoms with Gasteiger partial charge in [-0.3, -0.25) is 0 Å². The Balaban J connectivity index is 2.21. The van der Waals surface area contributed by atoms with Crippen molar-refractivity contribution in [3.8, 4) is 0 Å². The predicted octanol–water partition coefficient (Wildman–Crippen LogP) is 2.58. The van der Waals surface area contributed by atoms with Crippen LogP contribution in [0.15, 0.2) is 18.3 Å². The summed E-state index contributed by atoms with van der Waals surface area (Å²) >= 11 is 7.78. The molecular formula is C10H15ClN2S. The highest BCUT2D eigenvalue weighted by molar-refractivity contribution is 7.98. The maximum atomic E-state index is 5.91. The Morgan fingerprint density at radius 2 is 2.43 bits per heavy atom. The van der Waals surface area contributed by atoms with Crippen molar-refractivity contribution in [2.45, 2.75) is 13.0 Å². The fraction of sp³-hybridized carbons (Fsp3) is 0.500. The van der Waals surface area contributed by atoms with Crippen LogP contribution in [-0.4, -0.2) is 23.5 Å². The van der Waals surface area contributed by atoms with E-state index in [4.69, 9.17) is 11.6 Å². The highest BCUT2D eigenvalue weighted by atomic mass is 35.5. The Morgan fingerprint density at radius 3 is 3.14 bits per heavy atom. The number of pyridine rings is 1. The fourth-order valence-electron chi connectivity index (χ4n) is 1.12. The molecule has 14 heavy (non-hydrogen) atoms. The molecule has 0 aliphatic heterocycles. The van der Waals surface area contributed by atoms with Crippen LogP contribution in [0.5, 0.6) is 0 Å². The Kier molecular flexibility index (Phi) is 5.99. The molecule has 0 aromatic carbocycles. The number of thioether (sulfide) groups is 1. The van der Waals surface area contributed by atoms with Crippen molar-refractivity contribution in [1.29, 1.82) is 0 Å². The van der Waals surface area contributed by atoms with Crippen LogP contribution in [0.25, 0.3) is 0 Å². The number of aromatic nitrogens is 1. The number of hydrogen-bond acceptors (Lipinski definition) is 3. The summed E-state index contributed by atoms with van der Waals surface area (Å²) in [5.74, 6) is 1.20. The Morgan fingerprint density at radius 1 is 1.57 bits per heavy atom. The number of nitrogens with zero attached hydrogens (tertiary/aromatic N) is 1. The minimum absolute atomic E-state index is 0.602. The highest BCUT2D eigenvalue weighted by Crippen LogP contribution is 2.10. The van der Waals surface area contributed by atoms with Crippen LogP contribution >= 0.6 is 23.4 Å². The van der Waals surface area contributed by atoms with E-state index in [1.807, 2.05) is 23.9 Å². The van der Waals surface area contributed by atoms with Gasteiger partial charge in [-0.05, 0) is 31.0 Å². The standard InChI is InChI=1S/C10H15ClN2S/c1-14-7-3-5-12-8-9-4-2-6-13-10(9)11/h2,4,6,12H,3,5,7-8H2,1H3. The summed E-state index contributed by atoms with van der Waals surface area (Å²) in [5.41, 5.74) is 1.07. The molecule has 0 fully saturated rings. The summed E-state index contributed by atoms with van der Waals surface area (Å²) in [6.07, 6.45) is 5.02. The van der Waals surface area contributed by atoms with Crippen LogP contribution < -0.4 is 5.32 Å². The van der Waals surface area contributed by atoms with Gasteiger partial charge < -0.3 is 5.32 Å². The summed E-state index contributed by atoms with van der Waals surface area (Å²) in [7, 11) is 0. The first-order chi connectivity index (χ1) is 6.84. The van der Waals surface area contributed by atoms with Crippen LogP contribution in [0.3, 0.4) is 0 Å². The SMILES string of the molecule is CSCCCNCc1cccnc1Cl. The fourth-order valence-corrected chi connectivity index (χ4v) is 1.73. The van der Waals surface area contributed by atoms with Crippen molar-refractivity contribution in [3.63, 3.8) is 0 Å². The Bertz CT molecular complexity index is 268. The molecule has 0 saturated carbocycles. The molecule has 4 heteroatoms. The van der Waals surface area contributed by atoms with Gasteiger partial charge in [-0.15, -0.1) is 0 Å². The van der Waals surface area contributed by atoms with E-state index in [0.717, 1.165) is 18.7 Å². The molecule has 0 amide bonds. The average Bonchev–Trinajstić information content (AvgIpc) is 2.20. The van der Waals surface area contributed by atoms with Gasteiger partial charge >= 0.3 is 0 Å². The first-order valence-corrected chi connectivity index (χ1v) is 6.41. The number of halogens is 1. The van der Waals surface area contributed by atoms with Gasteiger partial charge in [-0.1, -0.05) is 17.7 Å². The molecule has 0 aliphatic rings. The second kappa shape index (κ2) is 7.10. The van der Waals surface area contributed by atoms with E-state index in [9.17, 15) is 0 Å². The zero-order valence-corrected chi connectivity index (χ0v) is 9.87. The van der Waals surface area contributed by atoms with E-state index in [1.165, 1.54) is 12.2 Å². The lowest BCUT2D eigenvalue weighted by atomic mass is 10.3. The topological polar surface area (TPSA) is 24.9 Å². The molecule has 1 aromatic rings. The van der Waals surface area contributed by atoms with E-state index in [-0.39, 0.29) is 0 Å². The molecule has 1 N–H and O–H groups in total. The van der Waals surface area contributed by atoms with E-state index in [1.54, 1.807) is 6.20 Å². The maximum absolute atomic E-state index is 5.91. The van der Waals surface area contributed by atoms with Crippen molar-refractivity contribution in [2.75, 3.05) is 18.6 Å². The van der Waals surface area contributed by atoms with Crippen LogP contribution in [0.1, 0.15) is 12.0 Å². The predicted molar refractivity (Wildman–Crippen MR) is 64.0 cm³/mol. The molecule has 78 valence electrons. The van der Waals surface area contributed by atoms with E-state index >= 15 is 0 Å². The molecule has 0 radical (unpaired) electrons. The molecule has 1 rings (SSSR count).